The van der Waals surface area contributed by atoms with Crippen molar-refractivity contribution in [3.8, 4) is 0 Å². The molecule has 3 aromatic heterocycles. The minimum Gasteiger partial charge on any atom is -0.457 e. The first-order valence-corrected chi connectivity index (χ1v) is 7.61. The number of fused-ring (bicyclic) bond motifs is 3. The van der Waals surface area contributed by atoms with Crippen molar-refractivity contribution in [3.05, 3.63) is 64.1 Å². The Morgan fingerprint density at radius 1 is 1.24 bits per heavy atom. The zero-order valence-corrected chi connectivity index (χ0v) is 13.6. The summed E-state index contributed by atoms with van der Waals surface area (Å²) in [4.78, 5) is 24.5. The first-order chi connectivity index (χ1) is 12.1. The summed E-state index contributed by atoms with van der Waals surface area (Å²) < 4.78 is 13.5. The minimum absolute atomic E-state index is 0.0949. The molecule has 0 aliphatic heterocycles. The molecule has 0 aliphatic rings. The van der Waals surface area contributed by atoms with Gasteiger partial charge in [-0.25, -0.2) is 4.79 Å². The van der Waals surface area contributed by atoms with E-state index in [4.69, 9.17) is 9.15 Å². The molecule has 8 heteroatoms. The number of aromatic nitrogens is 4. The number of benzene rings is 1. The van der Waals surface area contributed by atoms with Crippen molar-refractivity contribution < 1.29 is 13.9 Å². The van der Waals surface area contributed by atoms with Crippen molar-refractivity contribution in [1.29, 1.82) is 0 Å². The molecule has 4 aromatic rings. The fraction of sp³-hybridized carbons (Fsp3) is 0.176. The van der Waals surface area contributed by atoms with E-state index in [1.807, 2.05) is 6.07 Å². The van der Waals surface area contributed by atoms with Gasteiger partial charge in [-0.2, -0.15) is 0 Å². The standard InChI is InChI=1S/C17H14N4O4/c1-10-7-8-24-14(10)16(23)25-9-13-18-19-17-20(2)15(22)11-5-3-4-6-12(11)21(13)17/h3-8H,9H2,1-2H3. The molecule has 0 aliphatic carbocycles. The van der Waals surface area contributed by atoms with E-state index >= 15 is 0 Å². The molecule has 0 saturated heterocycles. The summed E-state index contributed by atoms with van der Waals surface area (Å²) >= 11 is 0. The third kappa shape index (κ3) is 2.30. The highest BCUT2D eigenvalue weighted by Crippen LogP contribution is 2.16. The van der Waals surface area contributed by atoms with Crippen LogP contribution in [0.4, 0.5) is 0 Å². The summed E-state index contributed by atoms with van der Waals surface area (Å²) in [6.07, 6.45) is 1.43. The lowest BCUT2D eigenvalue weighted by atomic mass is 10.2. The van der Waals surface area contributed by atoms with E-state index in [1.165, 1.54) is 10.8 Å². The number of aryl methyl sites for hydroxylation is 2. The first kappa shape index (κ1) is 15.1. The molecule has 0 amide bonds. The Labute approximate surface area is 141 Å². The molecule has 126 valence electrons. The summed E-state index contributed by atoms with van der Waals surface area (Å²) in [6.45, 7) is 1.66. The summed E-state index contributed by atoms with van der Waals surface area (Å²) in [7, 11) is 1.63. The zero-order chi connectivity index (χ0) is 17.6. The Balaban J connectivity index is 1.77. The lowest BCUT2D eigenvalue weighted by Crippen LogP contribution is -2.20. The summed E-state index contributed by atoms with van der Waals surface area (Å²) in [5.74, 6) is 0.378. The van der Waals surface area contributed by atoms with Crippen molar-refractivity contribution in [2.24, 2.45) is 7.05 Å². The molecular formula is C17H14N4O4. The Hall–Kier alpha value is -3.42. The van der Waals surface area contributed by atoms with E-state index in [0.29, 0.717) is 28.1 Å². The van der Waals surface area contributed by atoms with E-state index < -0.39 is 5.97 Å². The Morgan fingerprint density at radius 2 is 2.04 bits per heavy atom. The number of carbonyl (C=O) groups excluding carboxylic acids is 1. The molecule has 0 bridgehead atoms. The monoisotopic (exact) mass is 338 g/mol. The number of rotatable bonds is 3. The van der Waals surface area contributed by atoms with E-state index in [0.717, 1.165) is 0 Å². The van der Waals surface area contributed by atoms with E-state index in [9.17, 15) is 9.59 Å². The third-order valence-corrected chi connectivity index (χ3v) is 4.07. The molecule has 4 rings (SSSR count). The SMILES string of the molecule is Cc1ccoc1C(=O)OCc1nnc2n(C)c(=O)c3ccccc3n12. The number of nitrogens with zero attached hydrogens (tertiary/aromatic N) is 4. The van der Waals surface area contributed by atoms with Gasteiger partial charge < -0.3 is 9.15 Å². The van der Waals surface area contributed by atoms with Gasteiger partial charge in [0, 0.05) is 12.6 Å². The zero-order valence-electron chi connectivity index (χ0n) is 13.6. The van der Waals surface area contributed by atoms with Gasteiger partial charge >= 0.3 is 5.97 Å². The molecule has 0 spiro atoms. The molecule has 0 unspecified atom stereocenters. The second kappa shape index (κ2) is 5.59. The minimum atomic E-state index is -0.576. The molecule has 0 saturated carbocycles. The van der Waals surface area contributed by atoms with Crippen molar-refractivity contribution >= 4 is 22.6 Å². The molecule has 1 aromatic carbocycles. The van der Waals surface area contributed by atoms with Crippen LogP contribution in [0.15, 0.2) is 45.8 Å². The molecule has 0 atom stereocenters. The summed E-state index contributed by atoms with van der Waals surface area (Å²) in [5, 5.41) is 8.65. The van der Waals surface area contributed by atoms with Crippen LogP contribution in [-0.2, 0) is 18.4 Å². The van der Waals surface area contributed by atoms with E-state index in [-0.39, 0.29) is 17.9 Å². The fourth-order valence-corrected chi connectivity index (χ4v) is 2.76. The number of ether oxygens (including phenoxy) is 1. The molecule has 25 heavy (non-hydrogen) atoms. The van der Waals surface area contributed by atoms with Gasteiger partial charge in [-0.3, -0.25) is 13.8 Å². The first-order valence-electron chi connectivity index (χ1n) is 7.61. The van der Waals surface area contributed by atoms with Gasteiger partial charge in [0.15, 0.2) is 12.4 Å². The Bertz CT molecular complexity index is 1170. The Morgan fingerprint density at radius 3 is 2.80 bits per heavy atom. The van der Waals surface area contributed by atoms with Crippen molar-refractivity contribution in [2.45, 2.75) is 13.5 Å². The highest BCUT2D eigenvalue weighted by Gasteiger charge is 2.18. The molecule has 8 nitrogen and oxygen atoms in total. The molecular weight excluding hydrogens is 324 g/mol. The van der Waals surface area contributed by atoms with Gasteiger partial charge in [-0.05, 0) is 25.1 Å². The largest absolute Gasteiger partial charge is 0.457 e. The van der Waals surface area contributed by atoms with Crippen molar-refractivity contribution in [3.63, 3.8) is 0 Å². The van der Waals surface area contributed by atoms with Crippen LogP contribution in [0.2, 0.25) is 0 Å². The van der Waals surface area contributed by atoms with Gasteiger partial charge in [0.05, 0.1) is 17.2 Å². The molecule has 0 N–H and O–H groups in total. The average molecular weight is 338 g/mol. The summed E-state index contributed by atoms with van der Waals surface area (Å²) in [5.41, 5.74) is 1.19. The topological polar surface area (TPSA) is 91.6 Å². The molecule has 3 heterocycles. The number of furan rings is 1. The van der Waals surface area contributed by atoms with Crippen LogP contribution < -0.4 is 5.56 Å². The predicted molar refractivity (Wildman–Crippen MR) is 88.3 cm³/mol. The van der Waals surface area contributed by atoms with Crippen LogP contribution in [0, 0.1) is 6.92 Å². The Kier molecular flexibility index (Phi) is 3.38. The van der Waals surface area contributed by atoms with E-state index in [2.05, 4.69) is 10.2 Å². The second-order valence-electron chi connectivity index (χ2n) is 5.64. The smallest absolute Gasteiger partial charge is 0.374 e. The normalized spacial score (nSPS) is 11.3. The van der Waals surface area contributed by atoms with Crippen LogP contribution in [-0.4, -0.2) is 25.1 Å². The van der Waals surface area contributed by atoms with Crippen molar-refractivity contribution in [1.82, 2.24) is 19.2 Å². The molecule has 0 fully saturated rings. The van der Waals surface area contributed by atoms with Crippen LogP contribution in [0.3, 0.4) is 0 Å². The quantitative estimate of drug-likeness (QED) is 0.529. The van der Waals surface area contributed by atoms with E-state index in [1.54, 1.807) is 42.6 Å². The lowest BCUT2D eigenvalue weighted by molar-refractivity contribution is 0.0423. The maximum absolute atomic E-state index is 12.4. The number of para-hydroxylation sites is 1. The number of hydrogen-bond acceptors (Lipinski definition) is 6. The van der Waals surface area contributed by atoms with Gasteiger partial charge in [0.2, 0.25) is 11.5 Å². The lowest BCUT2D eigenvalue weighted by Gasteiger charge is -2.08. The number of esters is 1. The number of hydrogen-bond donors (Lipinski definition) is 0. The van der Waals surface area contributed by atoms with Gasteiger partial charge in [0.25, 0.3) is 5.56 Å². The van der Waals surface area contributed by atoms with Gasteiger partial charge in [0.1, 0.15) is 0 Å². The molecule has 0 radical (unpaired) electrons. The van der Waals surface area contributed by atoms with Crippen LogP contribution in [0.1, 0.15) is 21.9 Å². The van der Waals surface area contributed by atoms with Crippen LogP contribution in [0.5, 0.6) is 0 Å². The van der Waals surface area contributed by atoms with Crippen LogP contribution in [0.25, 0.3) is 16.7 Å². The number of carbonyl (C=O) groups is 1. The maximum Gasteiger partial charge on any atom is 0.374 e. The van der Waals surface area contributed by atoms with Gasteiger partial charge in [-0.15, -0.1) is 10.2 Å². The second-order valence-corrected chi connectivity index (χ2v) is 5.64. The van der Waals surface area contributed by atoms with Gasteiger partial charge in [-0.1, -0.05) is 12.1 Å². The third-order valence-electron chi connectivity index (χ3n) is 4.07. The van der Waals surface area contributed by atoms with Crippen LogP contribution >= 0.6 is 0 Å². The predicted octanol–water partition coefficient (Wildman–Crippen LogP) is 1.84. The fourth-order valence-electron chi connectivity index (χ4n) is 2.76. The average Bonchev–Trinajstić information content (AvgIpc) is 3.24. The highest BCUT2D eigenvalue weighted by atomic mass is 16.5. The maximum atomic E-state index is 12.4. The summed E-state index contributed by atoms with van der Waals surface area (Å²) in [6, 6.07) is 8.84. The highest BCUT2D eigenvalue weighted by molar-refractivity contribution is 5.87. The van der Waals surface area contributed by atoms with Crippen molar-refractivity contribution in [2.75, 3.05) is 0 Å².